The molecular weight excluding hydrogens is 332 g/mol. The summed E-state index contributed by atoms with van der Waals surface area (Å²) in [5.41, 5.74) is 0.452. The first-order valence-corrected chi connectivity index (χ1v) is 8.05. The zero-order chi connectivity index (χ0) is 16.8. The van der Waals surface area contributed by atoms with Crippen LogP contribution in [0.2, 0.25) is 0 Å². The maximum Gasteiger partial charge on any atom is 0.273 e. The van der Waals surface area contributed by atoms with Crippen LogP contribution in [0.1, 0.15) is 27.4 Å². The van der Waals surface area contributed by atoms with Crippen molar-refractivity contribution in [3.8, 4) is 10.6 Å². The van der Waals surface area contributed by atoms with Gasteiger partial charge in [-0.1, -0.05) is 11.2 Å². The van der Waals surface area contributed by atoms with E-state index in [1.807, 2.05) is 17.5 Å². The molecule has 24 heavy (non-hydrogen) atoms. The molecule has 0 aliphatic carbocycles. The van der Waals surface area contributed by atoms with Crippen molar-refractivity contribution in [2.45, 2.75) is 6.42 Å². The third kappa shape index (κ3) is 3.84. The molecule has 3 aromatic heterocycles. The number of hydrogen-bond acceptors (Lipinski definition) is 7. The van der Waals surface area contributed by atoms with Crippen LogP contribution < -0.4 is 10.6 Å². The maximum absolute atomic E-state index is 12.0. The summed E-state index contributed by atoms with van der Waals surface area (Å²) in [4.78, 5) is 24.5. The number of aromatic nitrogens is 4. The van der Waals surface area contributed by atoms with Gasteiger partial charge in [-0.3, -0.25) is 9.59 Å². The summed E-state index contributed by atoms with van der Waals surface area (Å²) in [6.07, 6.45) is 1.91. The summed E-state index contributed by atoms with van der Waals surface area (Å²) >= 11 is 1.51. The molecule has 0 aromatic carbocycles. The Bertz CT molecular complexity index is 796. The molecule has 0 atom stereocenters. The topological polar surface area (TPSA) is 126 Å². The molecule has 2 amide bonds. The Kier molecular flexibility index (Phi) is 4.96. The molecule has 0 spiro atoms. The van der Waals surface area contributed by atoms with E-state index < -0.39 is 0 Å². The first-order valence-electron chi connectivity index (χ1n) is 7.17. The summed E-state index contributed by atoms with van der Waals surface area (Å²) in [6.45, 7) is 0.810. The predicted octanol–water partition coefficient (Wildman–Crippen LogP) is 1.07. The Morgan fingerprint density at radius 2 is 2.00 bits per heavy atom. The molecule has 0 fully saturated rings. The summed E-state index contributed by atoms with van der Waals surface area (Å²) in [5.74, 6) is -0.0634. The average Bonchev–Trinajstić information content (AvgIpc) is 3.35. The zero-order valence-corrected chi connectivity index (χ0v) is 13.3. The number of nitrogens with one attached hydrogen (secondary N) is 3. The summed E-state index contributed by atoms with van der Waals surface area (Å²) < 4.78 is 5.16. The quantitative estimate of drug-likeness (QED) is 0.549. The van der Waals surface area contributed by atoms with Crippen LogP contribution in [0.5, 0.6) is 0 Å². The van der Waals surface area contributed by atoms with E-state index in [-0.39, 0.29) is 23.2 Å². The second-order valence-corrected chi connectivity index (χ2v) is 5.72. The minimum Gasteiger partial charge on any atom is -0.355 e. The van der Waals surface area contributed by atoms with Crippen LogP contribution in [-0.4, -0.2) is 45.5 Å². The lowest BCUT2D eigenvalue weighted by molar-refractivity contribution is 0.0944. The smallest absolute Gasteiger partial charge is 0.273 e. The van der Waals surface area contributed by atoms with Crippen LogP contribution in [0.4, 0.5) is 0 Å². The molecule has 3 heterocycles. The first-order chi connectivity index (χ1) is 11.7. The first kappa shape index (κ1) is 15.9. The number of carbonyl (C=O) groups excluding carboxylic acids is 2. The van der Waals surface area contributed by atoms with Crippen molar-refractivity contribution in [2.24, 2.45) is 0 Å². The minimum absolute atomic E-state index is 0.225. The van der Waals surface area contributed by atoms with Crippen LogP contribution in [-0.2, 0) is 0 Å². The fourth-order valence-corrected chi connectivity index (χ4v) is 2.57. The van der Waals surface area contributed by atoms with Crippen LogP contribution in [0.25, 0.3) is 10.6 Å². The van der Waals surface area contributed by atoms with Crippen LogP contribution in [0.15, 0.2) is 34.3 Å². The molecule has 0 unspecified atom stereocenters. The van der Waals surface area contributed by atoms with Crippen LogP contribution in [0, 0.1) is 0 Å². The Morgan fingerprint density at radius 3 is 2.67 bits per heavy atom. The largest absolute Gasteiger partial charge is 0.355 e. The van der Waals surface area contributed by atoms with Gasteiger partial charge in [0, 0.05) is 19.2 Å². The van der Waals surface area contributed by atoms with Gasteiger partial charge in [0.15, 0.2) is 17.1 Å². The van der Waals surface area contributed by atoms with Crippen molar-refractivity contribution in [1.82, 2.24) is 31.2 Å². The molecule has 3 N–H and O–H groups in total. The Labute approximate surface area is 140 Å². The number of aromatic amines is 1. The van der Waals surface area contributed by atoms with Crippen molar-refractivity contribution in [1.29, 1.82) is 0 Å². The molecule has 0 saturated heterocycles. The normalized spacial score (nSPS) is 10.5. The standard InChI is InChI=1S/C14H14N6O3S/c21-13(9-7-11(23-19-9)12-3-1-6-24-12)15-4-2-5-16-14(22)10-8-17-20-18-10/h1,3,6-8H,2,4-5H2,(H,15,21)(H,16,22)(H,17,18,20). The lowest BCUT2D eigenvalue weighted by Crippen LogP contribution is -2.30. The number of nitrogens with zero attached hydrogens (tertiary/aromatic N) is 3. The molecule has 10 heteroatoms. The van der Waals surface area contributed by atoms with E-state index in [0.717, 1.165) is 4.88 Å². The predicted molar refractivity (Wildman–Crippen MR) is 85.5 cm³/mol. The second-order valence-electron chi connectivity index (χ2n) is 4.77. The van der Waals surface area contributed by atoms with E-state index in [4.69, 9.17) is 4.52 Å². The van der Waals surface area contributed by atoms with Crippen molar-refractivity contribution in [2.75, 3.05) is 13.1 Å². The summed E-state index contributed by atoms with van der Waals surface area (Å²) in [6, 6.07) is 5.40. The molecule has 0 radical (unpaired) electrons. The SMILES string of the molecule is O=C(NCCCNC(=O)c1cc(-c2cccs2)on1)c1cn[nH]n1. The maximum atomic E-state index is 12.0. The molecule has 0 aliphatic heterocycles. The van der Waals surface area contributed by atoms with Gasteiger partial charge in [0.1, 0.15) is 0 Å². The minimum atomic E-state index is -0.315. The Morgan fingerprint density at radius 1 is 1.21 bits per heavy atom. The van der Waals surface area contributed by atoms with E-state index in [1.165, 1.54) is 17.5 Å². The van der Waals surface area contributed by atoms with E-state index in [1.54, 1.807) is 6.07 Å². The van der Waals surface area contributed by atoms with Gasteiger partial charge in [-0.05, 0) is 17.9 Å². The highest BCUT2D eigenvalue weighted by Crippen LogP contribution is 2.24. The molecule has 0 aliphatic rings. The molecule has 3 aromatic rings. The van der Waals surface area contributed by atoms with Crippen LogP contribution in [0.3, 0.4) is 0 Å². The average molecular weight is 346 g/mol. The third-order valence-electron chi connectivity index (χ3n) is 3.08. The summed E-state index contributed by atoms with van der Waals surface area (Å²) in [7, 11) is 0. The molecule has 9 nitrogen and oxygen atoms in total. The molecule has 3 rings (SSSR count). The highest BCUT2D eigenvalue weighted by molar-refractivity contribution is 7.13. The van der Waals surface area contributed by atoms with E-state index in [0.29, 0.717) is 25.3 Å². The van der Waals surface area contributed by atoms with Crippen molar-refractivity contribution in [3.63, 3.8) is 0 Å². The van der Waals surface area contributed by atoms with Crippen molar-refractivity contribution < 1.29 is 14.1 Å². The van der Waals surface area contributed by atoms with Gasteiger partial charge in [0.05, 0.1) is 11.1 Å². The lowest BCUT2D eigenvalue weighted by atomic mass is 10.3. The van der Waals surface area contributed by atoms with Gasteiger partial charge in [-0.15, -0.1) is 11.3 Å². The van der Waals surface area contributed by atoms with Crippen LogP contribution >= 0.6 is 11.3 Å². The number of carbonyl (C=O) groups is 2. The van der Waals surface area contributed by atoms with Gasteiger partial charge < -0.3 is 15.2 Å². The van der Waals surface area contributed by atoms with E-state index >= 15 is 0 Å². The molecule has 0 bridgehead atoms. The van der Waals surface area contributed by atoms with E-state index in [2.05, 4.69) is 31.2 Å². The molecular formula is C14H14N6O3S. The van der Waals surface area contributed by atoms with Gasteiger partial charge in [-0.25, -0.2) is 0 Å². The van der Waals surface area contributed by atoms with Crippen molar-refractivity contribution in [3.05, 3.63) is 41.2 Å². The molecule has 124 valence electrons. The van der Waals surface area contributed by atoms with Gasteiger partial charge in [0.2, 0.25) is 0 Å². The Hall–Kier alpha value is -3.01. The number of thiophene rings is 1. The number of amides is 2. The highest BCUT2D eigenvalue weighted by atomic mass is 32.1. The van der Waals surface area contributed by atoms with Crippen molar-refractivity contribution >= 4 is 23.2 Å². The van der Waals surface area contributed by atoms with Gasteiger partial charge >= 0.3 is 0 Å². The van der Waals surface area contributed by atoms with Gasteiger partial charge in [0.25, 0.3) is 11.8 Å². The number of rotatable bonds is 7. The second kappa shape index (κ2) is 7.51. The fourth-order valence-electron chi connectivity index (χ4n) is 1.90. The Balaban J connectivity index is 1.39. The highest BCUT2D eigenvalue weighted by Gasteiger charge is 2.14. The summed E-state index contributed by atoms with van der Waals surface area (Å²) in [5, 5.41) is 20.7. The number of hydrogen-bond donors (Lipinski definition) is 3. The molecule has 0 saturated carbocycles. The zero-order valence-electron chi connectivity index (χ0n) is 12.5. The lowest BCUT2D eigenvalue weighted by Gasteiger charge is -2.04. The van der Waals surface area contributed by atoms with Gasteiger partial charge in [-0.2, -0.15) is 15.4 Å². The number of H-pyrrole nitrogens is 1. The van der Waals surface area contributed by atoms with E-state index in [9.17, 15) is 9.59 Å². The fraction of sp³-hybridized carbons (Fsp3) is 0.214. The third-order valence-corrected chi connectivity index (χ3v) is 3.96. The monoisotopic (exact) mass is 346 g/mol.